The van der Waals surface area contributed by atoms with Gasteiger partial charge in [0.05, 0.1) is 32.3 Å². The highest BCUT2D eigenvalue weighted by Gasteiger charge is 2.42. The third kappa shape index (κ3) is 9.86. The summed E-state index contributed by atoms with van der Waals surface area (Å²) in [6.45, 7) is 1.13. The van der Waals surface area contributed by atoms with Gasteiger partial charge >= 0.3 is 35.8 Å². The van der Waals surface area contributed by atoms with Gasteiger partial charge < -0.3 is 40.1 Å². The fourth-order valence-corrected chi connectivity index (χ4v) is 2.33. The van der Waals surface area contributed by atoms with E-state index in [4.69, 9.17) is 29.9 Å². The van der Waals surface area contributed by atoms with Crippen molar-refractivity contribution in [1.82, 2.24) is 0 Å². The molecule has 0 aromatic carbocycles. The molecule has 0 rings (SSSR count). The zero-order valence-corrected chi connectivity index (χ0v) is 16.5. The Kier molecular flexibility index (Phi) is 10.6. The lowest BCUT2D eigenvalue weighted by molar-refractivity contribution is -0.174. The highest BCUT2D eigenvalue weighted by molar-refractivity contribution is 5.89. The van der Waals surface area contributed by atoms with Crippen molar-refractivity contribution in [2.75, 3.05) is 6.61 Å². The number of aliphatic hydroxyl groups is 2. The van der Waals surface area contributed by atoms with E-state index in [1.165, 1.54) is 0 Å². The van der Waals surface area contributed by atoms with Gasteiger partial charge in [-0.25, -0.2) is 9.59 Å². The number of carbonyl (C=O) groups excluding carboxylic acids is 2. The van der Waals surface area contributed by atoms with Gasteiger partial charge in [-0.15, -0.1) is 0 Å². The zero-order valence-electron chi connectivity index (χ0n) is 16.5. The van der Waals surface area contributed by atoms with Crippen LogP contribution in [0.15, 0.2) is 0 Å². The van der Waals surface area contributed by atoms with E-state index in [-0.39, 0.29) is 12.8 Å². The SMILES string of the molecule is CCC(CCOC(=O)CC(O)(CC(=O)O)C(=O)O)OC(=O)CC(O)(CC(=O)O)C(=O)O. The molecule has 0 aromatic heterocycles. The second kappa shape index (κ2) is 11.8. The maximum atomic E-state index is 11.9. The van der Waals surface area contributed by atoms with E-state index < -0.39 is 85.4 Å². The normalized spacial score (nSPS) is 15.6. The average Bonchev–Trinajstić information content (AvgIpc) is 2.58. The van der Waals surface area contributed by atoms with E-state index in [0.717, 1.165) is 0 Å². The molecule has 0 heterocycles. The summed E-state index contributed by atoms with van der Waals surface area (Å²) in [6, 6.07) is 0. The van der Waals surface area contributed by atoms with E-state index in [0.29, 0.717) is 0 Å². The van der Waals surface area contributed by atoms with Crippen molar-refractivity contribution in [1.29, 1.82) is 0 Å². The lowest BCUT2D eigenvalue weighted by Gasteiger charge is -2.23. The Morgan fingerprint density at radius 1 is 0.742 bits per heavy atom. The zero-order chi connectivity index (χ0) is 24.4. The number of hydrogen-bond donors (Lipinski definition) is 6. The van der Waals surface area contributed by atoms with Gasteiger partial charge in [0.1, 0.15) is 6.10 Å². The van der Waals surface area contributed by atoms with Gasteiger partial charge in [0.25, 0.3) is 0 Å². The molecule has 0 aromatic rings. The number of carboxylic acid groups (broad SMARTS) is 4. The minimum Gasteiger partial charge on any atom is -0.481 e. The summed E-state index contributed by atoms with van der Waals surface area (Å²) in [5.41, 5.74) is -5.75. The lowest BCUT2D eigenvalue weighted by atomic mass is 9.96. The van der Waals surface area contributed by atoms with Gasteiger partial charge in [0.15, 0.2) is 11.2 Å². The number of aliphatic carboxylic acids is 4. The van der Waals surface area contributed by atoms with Crippen molar-refractivity contribution < 1.29 is 68.9 Å². The van der Waals surface area contributed by atoms with E-state index in [1.54, 1.807) is 6.92 Å². The first-order valence-electron chi connectivity index (χ1n) is 8.85. The molecule has 14 heteroatoms. The van der Waals surface area contributed by atoms with Crippen LogP contribution in [0.25, 0.3) is 0 Å². The highest BCUT2D eigenvalue weighted by Crippen LogP contribution is 2.19. The van der Waals surface area contributed by atoms with Crippen molar-refractivity contribution in [3.05, 3.63) is 0 Å². The third-order valence-electron chi connectivity index (χ3n) is 4.01. The van der Waals surface area contributed by atoms with Crippen LogP contribution < -0.4 is 0 Å². The van der Waals surface area contributed by atoms with Gasteiger partial charge in [-0.1, -0.05) is 6.92 Å². The molecule has 0 aliphatic rings. The minimum atomic E-state index is -2.88. The molecule has 6 N–H and O–H groups in total. The van der Waals surface area contributed by atoms with Crippen molar-refractivity contribution >= 4 is 35.8 Å². The summed E-state index contributed by atoms with van der Waals surface area (Å²) < 4.78 is 9.64. The molecule has 31 heavy (non-hydrogen) atoms. The molecular weight excluding hydrogens is 428 g/mol. The van der Waals surface area contributed by atoms with Gasteiger partial charge in [-0.2, -0.15) is 0 Å². The molecule has 3 atom stereocenters. The second-order valence-corrected chi connectivity index (χ2v) is 6.70. The van der Waals surface area contributed by atoms with Crippen LogP contribution in [0.2, 0.25) is 0 Å². The van der Waals surface area contributed by atoms with Crippen LogP contribution in [0.5, 0.6) is 0 Å². The van der Waals surface area contributed by atoms with E-state index >= 15 is 0 Å². The Morgan fingerprint density at radius 3 is 1.52 bits per heavy atom. The van der Waals surface area contributed by atoms with E-state index in [1.807, 2.05) is 0 Å². The Balaban J connectivity index is 4.75. The predicted molar refractivity (Wildman–Crippen MR) is 94.7 cm³/mol. The number of esters is 2. The molecule has 0 amide bonds. The summed E-state index contributed by atoms with van der Waals surface area (Å²) >= 11 is 0. The van der Waals surface area contributed by atoms with Crippen LogP contribution in [0, 0.1) is 0 Å². The summed E-state index contributed by atoms with van der Waals surface area (Å²) in [6.07, 6.45) is -5.68. The van der Waals surface area contributed by atoms with E-state index in [9.17, 15) is 39.0 Å². The highest BCUT2D eigenvalue weighted by atomic mass is 16.6. The summed E-state index contributed by atoms with van der Waals surface area (Å²) in [4.78, 5) is 66.9. The maximum Gasteiger partial charge on any atom is 0.336 e. The van der Waals surface area contributed by atoms with Crippen LogP contribution in [0.1, 0.15) is 45.4 Å². The Hall–Kier alpha value is -3.26. The van der Waals surface area contributed by atoms with Crippen LogP contribution in [0.3, 0.4) is 0 Å². The molecule has 0 fully saturated rings. The Labute approximate surface area is 175 Å². The molecule has 0 spiro atoms. The fourth-order valence-electron chi connectivity index (χ4n) is 2.33. The third-order valence-corrected chi connectivity index (χ3v) is 4.01. The molecule has 14 nitrogen and oxygen atoms in total. The molecule has 0 bridgehead atoms. The topological polar surface area (TPSA) is 242 Å². The number of ether oxygens (including phenoxy) is 2. The molecular formula is C17H24O14. The molecule has 3 unspecified atom stereocenters. The predicted octanol–water partition coefficient (Wildman–Crippen LogP) is -1.40. The number of carboxylic acids is 4. The maximum absolute atomic E-state index is 11.9. The molecule has 0 aliphatic heterocycles. The number of carbonyl (C=O) groups is 6. The van der Waals surface area contributed by atoms with Crippen LogP contribution in [0.4, 0.5) is 0 Å². The van der Waals surface area contributed by atoms with E-state index in [2.05, 4.69) is 0 Å². The van der Waals surface area contributed by atoms with Gasteiger partial charge in [-0.3, -0.25) is 19.2 Å². The molecule has 0 aliphatic carbocycles. The number of rotatable bonds is 15. The van der Waals surface area contributed by atoms with Crippen molar-refractivity contribution in [3.8, 4) is 0 Å². The largest absolute Gasteiger partial charge is 0.481 e. The lowest BCUT2D eigenvalue weighted by Crippen LogP contribution is -2.43. The first-order valence-corrected chi connectivity index (χ1v) is 8.85. The van der Waals surface area contributed by atoms with Crippen molar-refractivity contribution in [3.63, 3.8) is 0 Å². The Bertz CT molecular complexity index is 716. The first-order chi connectivity index (χ1) is 14.1. The second-order valence-electron chi connectivity index (χ2n) is 6.70. The molecule has 0 saturated heterocycles. The molecule has 0 saturated carbocycles. The monoisotopic (exact) mass is 452 g/mol. The fraction of sp³-hybridized carbons (Fsp3) is 0.647. The van der Waals surface area contributed by atoms with Crippen LogP contribution in [-0.4, -0.2) is 90.4 Å². The van der Waals surface area contributed by atoms with Gasteiger partial charge in [0, 0.05) is 6.42 Å². The molecule has 0 radical (unpaired) electrons. The molecule has 176 valence electrons. The van der Waals surface area contributed by atoms with Crippen LogP contribution >= 0.6 is 0 Å². The average molecular weight is 452 g/mol. The quantitative estimate of drug-likeness (QED) is 0.157. The smallest absolute Gasteiger partial charge is 0.336 e. The first kappa shape index (κ1) is 27.7. The minimum absolute atomic E-state index is 0.136. The van der Waals surface area contributed by atoms with Gasteiger partial charge in [0.2, 0.25) is 0 Å². The summed E-state index contributed by atoms with van der Waals surface area (Å²) in [5, 5.41) is 54.7. The summed E-state index contributed by atoms with van der Waals surface area (Å²) in [5.74, 6) is -9.61. The standard InChI is InChI=1S/C17H24O14/c1-2-9(31-13(23)8-17(29,15(26)27)6-11(20)21)3-4-30-12(22)7-16(28,14(24)25)5-10(18)19/h9,28-29H,2-8H2,1H3,(H,18,19)(H,20,21)(H,24,25)(H,26,27). The van der Waals surface area contributed by atoms with Crippen molar-refractivity contribution in [2.45, 2.75) is 62.8 Å². The Morgan fingerprint density at radius 2 is 1.16 bits per heavy atom. The number of hydrogen-bond acceptors (Lipinski definition) is 10. The van der Waals surface area contributed by atoms with Crippen molar-refractivity contribution in [2.24, 2.45) is 0 Å². The van der Waals surface area contributed by atoms with Crippen LogP contribution in [-0.2, 0) is 38.2 Å². The van der Waals surface area contributed by atoms with Gasteiger partial charge in [-0.05, 0) is 6.42 Å². The summed E-state index contributed by atoms with van der Waals surface area (Å²) in [7, 11) is 0.